The molecular weight excluding hydrogens is 543 g/mol. The second kappa shape index (κ2) is 13.3. The Morgan fingerprint density at radius 2 is 1.79 bits per heavy atom. The average molecular weight is 584 g/mol. The molecule has 3 aromatic rings. The van der Waals surface area contributed by atoms with E-state index in [0.717, 1.165) is 70.0 Å². The number of halogens is 3. The monoisotopic (exact) mass is 583 g/mol. The van der Waals surface area contributed by atoms with Gasteiger partial charge in [-0.1, -0.05) is 24.6 Å². The molecule has 0 N–H and O–H groups in total. The van der Waals surface area contributed by atoms with E-state index in [1.807, 2.05) is 23.4 Å². The van der Waals surface area contributed by atoms with Crippen molar-refractivity contribution in [3.63, 3.8) is 0 Å². The number of hydrogen-bond acceptors (Lipinski definition) is 5. The molecule has 2 aromatic heterocycles. The fourth-order valence-electron chi connectivity index (χ4n) is 6.34. The van der Waals surface area contributed by atoms with Gasteiger partial charge in [0.15, 0.2) is 5.69 Å². The first-order valence-corrected chi connectivity index (χ1v) is 14.9. The van der Waals surface area contributed by atoms with Crippen LogP contribution in [0.5, 0.6) is 5.75 Å². The van der Waals surface area contributed by atoms with Crippen molar-refractivity contribution in [1.29, 1.82) is 0 Å². The van der Waals surface area contributed by atoms with Gasteiger partial charge in [0, 0.05) is 63.8 Å². The summed E-state index contributed by atoms with van der Waals surface area (Å²) >= 11 is 0. The van der Waals surface area contributed by atoms with E-state index in [4.69, 9.17) is 4.74 Å². The van der Waals surface area contributed by atoms with Gasteiger partial charge in [-0.15, -0.1) is 0 Å². The molecule has 0 aliphatic carbocycles. The number of aromatic nitrogens is 3. The van der Waals surface area contributed by atoms with Crippen LogP contribution in [-0.4, -0.2) is 63.3 Å². The molecule has 42 heavy (non-hydrogen) atoms. The zero-order valence-electron chi connectivity index (χ0n) is 24.3. The van der Waals surface area contributed by atoms with Crippen molar-refractivity contribution in [1.82, 2.24) is 24.6 Å². The molecule has 1 aromatic carbocycles. The summed E-state index contributed by atoms with van der Waals surface area (Å²) in [6.45, 7) is 6.18. The van der Waals surface area contributed by atoms with Gasteiger partial charge in [0.05, 0.1) is 0 Å². The molecule has 0 unspecified atom stereocenters. The minimum atomic E-state index is -4.49. The van der Waals surface area contributed by atoms with Gasteiger partial charge in [0.1, 0.15) is 12.4 Å². The molecule has 2 aliphatic heterocycles. The zero-order chi connectivity index (χ0) is 29.6. The number of pyridine rings is 1. The fourth-order valence-corrected chi connectivity index (χ4v) is 6.34. The number of likely N-dealkylation sites (tertiary alicyclic amines) is 1. The van der Waals surface area contributed by atoms with Crippen LogP contribution in [0.15, 0.2) is 54.9 Å². The highest BCUT2D eigenvalue weighted by molar-refractivity contribution is 5.76. The lowest BCUT2D eigenvalue weighted by Crippen LogP contribution is -2.48. The van der Waals surface area contributed by atoms with Crippen LogP contribution in [0.1, 0.15) is 61.0 Å². The standard InChI is InChI=1S/C32H40F3N5O2/c1-25-22-29(32(33,34)35)37-40(25)17-11-30(41)39-18-13-31(14-19-39)12-5-4-7-27-6-2-3-8-28(27)42-21-20-38(24-31)23-26-9-15-36-16-10-26/h2-3,6,8-10,15-16,22H,4-5,7,11-14,17-21,23-24H2,1H3. The molecule has 7 nitrogen and oxygen atoms in total. The van der Waals surface area contributed by atoms with Crippen LogP contribution >= 0.6 is 0 Å². The third-order valence-electron chi connectivity index (χ3n) is 8.74. The number of rotatable bonds is 5. The summed E-state index contributed by atoms with van der Waals surface area (Å²) in [4.78, 5) is 21.7. The predicted octanol–water partition coefficient (Wildman–Crippen LogP) is 5.91. The maximum atomic E-state index is 13.1. The number of fused-ring (bicyclic) bond motifs is 1. The van der Waals surface area contributed by atoms with Gasteiger partial charge in [-0.05, 0) is 79.8 Å². The van der Waals surface area contributed by atoms with E-state index in [2.05, 4.69) is 45.3 Å². The molecule has 4 heterocycles. The van der Waals surface area contributed by atoms with Gasteiger partial charge < -0.3 is 9.64 Å². The maximum Gasteiger partial charge on any atom is 0.435 e. The molecule has 2 aliphatic rings. The number of hydrogen-bond donors (Lipinski definition) is 0. The molecule has 5 rings (SSSR count). The number of carbonyl (C=O) groups excluding carboxylic acids is 1. The highest BCUT2D eigenvalue weighted by Gasteiger charge is 2.37. The Morgan fingerprint density at radius 1 is 1.02 bits per heavy atom. The first kappa shape index (κ1) is 30.1. The average Bonchev–Trinajstić information content (AvgIpc) is 3.36. The van der Waals surface area contributed by atoms with Crippen molar-refractivity contribution in [2.24, 2.45) is 5.41 Å². The number of aryl methyl sites for hydroxylation is 3. The summed E-state index contributed by atoms with van der Waals surface area (Å²) in [6.07, 6.45) is 5.37. The summed E-state index contributed by atoms with van der Waals surface area (Å²) in [7, 11) is 0. The van der Waals surface area contributed by atoms with Crippen LogP contribution < -0.4 is 4.74 Å². The van der Waals surface area contributed by atoms with Gasteiger partial charge in [-0.2, -0.15) is 18.3 Å². The number of ether oxygens (including phenoxy) is 1. The van der Waals surface area contributed by atoms with E-state index in [1.165, 1.54) is 15.8 Å². The number of nitrogens with zero attached hydrogens (tertiary/aromatic N) is 5. The molecule has 0 saturated carbocycles. The minimum Gasteiger partial charge on any atom is -0.492 e. The maximum absolute atomic E-state index is 13.1. The normalized spacial score (nSPS) is 18.5. The zero-order valence-corrected chi connectivity index (χ0v) is 24.3. The number of piperidine rings is 1. The van der Waals surface area contributed by atoms with Crippen LogP contribution in [0.3, 0.4) is 0 Å². The molecule has 226 valence electrons. The smallest absolute Gasteiger partial charge is 0.435 e. The topological polar surface area (TPSA) is 63.5 Å². The molecule has 10 heteroatoms. The first-order valence-electron chi connectivity index (χ1n) is 14.9. The van der Waals surface area contributed by atoms with Crippen molar-refractivity contribution in [2.45, 2.75) is 71.1 Å². The Bertz CT molecular complexity index is 1320. The lowest BCUT2D eigenvalue weighted by molar-refractivity contribution is -0.141. The van der Waals surface area contributed by atoms with Gasteiger partial charge in [0.2, 0.25) is 5.91 Å². The number of benzene rings is 1. The summed E-state index contributed by atoms with van der Waals surface area (Å²) in [6, 6.07) is 13.5. The second-order valence-electron chi connectivity index (χ2n) is 11.8. The SMILES string of the molecule is Cc1cc(C(F)(F)F)nn1CCC(=O)N1CCC2(CCCCc3ccccc3OCCN(Cc3ccncc3)C2)CC1. The highest BCUT2D eigenvalue weighted by Crippen LogP contribution is 2.39. The Hall–Kier alpha value is -3.40. The van der Waals surface area contributed by atoms with Gasteiger partial charge >= 0.3 is 6.18 Å². The molecular formula is C32H40F3N5O2. The molecule has 0 atom stereocenters. The Balaban J connectivity index is 1.24. The third kappa shape index (κ3) is 7.70. The molecule has 1 fully saturated rings. The van der Waals surface area contributed by atoms with Crippen molar-refractivity contribution in [3.05, 3.63) is 77.4 Å². The predicted molar refractivity (Wildman–Crippen MR) is 154 cm³/mol. The van der Waals surface area contributed by atoms with E-state index >= 15 is 0 Å². The Kier molecular flexibility index (Phi) is 9.50. The van der Waals surface area contributed by atoms with Crippen LogP contribution in [0, 0.1) is 12.3 Å². The molecule has 1 spiro atoms. The second-order valence-corrected chi connectivity index (χ2v) is 11.8. The van der Waals surface area contributed by atoms with Gasteiger partial charge in [-0.25, -0.2) is 0 Å². The summed E-state index contributed by atoms with van der Waals surface area (Å²) in [5, 5.41) is 3.67. The Labute approximate surface area is 245 Å². The van der Waals surface area contributed by atoms with Crippen molar-refractivity contribution in [2.75, 3.05) is 32.8 Å². The molecule has 1 amide bonds. The molecule has 0 radical (unpaired) electrons. The molecule has 0 bridgehead atoms. The minimum absolute atomic E-state index is 0.0277. The first-order chi connectivity index (χ1) is 20.2. The van der Waals surface area contributed by atoms with Gasteiger partial charge in [0.25, 0.3) is 0 Å². The largest absolute Gasteiger partial charge is 0.492 e. The van der Waals surface area contributed by atoms with E-state index in [-0.39, 0.29) is 24.3 Å². The lowest BCUT2D eigenvalue weighted by Gasteiger charge is -2.45. The lowest BCUT2D eigenvalue weighted by atomic mass is 9.73. The number of alkyl halides is 3. The highest BCUT2D eigenvalue weighted by atomic mass is 19.4. The quantitative estimate of drug-likeness (QED) is 0.374. The van der Waals surface area contributed by atoms with E-state index in [0.29, 0.717) is 25.4 Å². The molecule has 1 saturated heterocycles. The van der Waals surface area contributed by atoms with E-state index in [1.54, 1.807) is 6.92 Å². The Morgan fingerprint density at radius 3 is 2.52 bits per heavy atom. The summed E-state index contributed by atoms with van der Waals surface area (Å²) in [5.41, 5.74) is 2.04. The third-order valence-corrected chi connectivity index (χ3v) is 8.74. The summed E-state index contributed by atoms with van der Waals surface area (Å²) in [5.74, 6) is 0.948. The summed E-state index contributed by atoms with van der Waals surface area (Å²) < 4.78 is 46.7. The van der Waals surface area contributed by atoms with Crippen molar-refractivity contribution < 1.29 is 22.7 Å². The number of amides is 1. The fraction of sp³-hybridized carbons (Fsp3) is 0.531. The van der Waals surface area contributed by atoms with Crippen LogP contribution in [0.25, 0.3) is 0 Å². The van der Waals surface area contributed by atoms with Crippen molar-refractivity contribution >= 4 is 5.91 Å². The van der Waals surface area contributed by atoms with Crippen LogP contribution in [-0.2, 0) is 30.5 Å². The van der Waals surface area contributed by atoms with Gasteiger partial charge in [-0.3, -0.25) is 19.4 Å². The van der Waals surface area contributed by atoms with Crippen molar-refractivity contribution in [3.8, 4) is 5.75 Å². The van der Waals surface area contributed by atoms with Crippen LogP contribution in [0.4, 0.5) is 13.2 Å². The van der Waals surface area contributed by atoms with E-state index in [9.17, 15) is 18.0 Å². The number of carbonyl (C=O) groups is 1. The van der Waals surface area contributed by atoms with Crippen LogP contribution in [0.2, 0.25) is 0 Å². The number of para-hydroxylation sites is 1. The van der Waals surface area contributed by atoms with E-state index < -0.39 is 11.9 Å².